The number of pyridine rings is 1. The number of hydrogen-bond acceptors (Lipinski definition) is 3. The second-order valence-electron chi connectivity index (χ2n) is 3.83. The van der Waals surface area contributed by atoms with Crippen molar-refractivity contribution in [1.82, 2.24) is 4.98 Å². The number of benzene rings is 1. The van der Waals surface area contributed by atoms with Crippen LogP contribution in [0.25, 0.3) is 11.5 Å². The summed E-state index contributed by atoms with van der Waals surface area (Å²) >= 11 is 0. The first-order valence-electron chi connectivity index (χ1n) is 5.54. The largest absolute Gasteiger partial charge is 2.00 e. The normalized spacial score (nSPS) is 7.26. The van der Waals surface area contributed by atoms with E-state index in [1.807, 2.05) is 0 Å². The maximum Gasteiger partial charge on any atom is 2.00 e. The third kappa shape index (κ3) is 13.1. The van der Waals surface area contributed by atoms with E-state index in [9.17, 15) is 14.4 Å². The first kappa shape index (κ1) is 38.6. The number of carboxylic acid groups (broad SMARTS) is 2. The second-order valence-corrected chi connectivity index (χ2v) is 3.83. The quantitative estimate of drug-likeness (QED) is 0.392. The van der Waals surface area contributed by atoms with Crippen LogP contribution in [0.4, 0.5) is 11.5 Å². The summed E-state index contributed by atoms with van der Waals surface area (Å²) in [5.74, 6) is -2.43. The molecule has 1 heterocycles. The zero-order valence-electron chi connectivity index (χ0n) is 14.8. The standard InChI is InChI=1S/C7H6NO2.C6H6N2O3.2CH3.2Rf.2W/c8-6-3-1-2-5(4-6)7(9)10;7-5-2-3(9)1-4(8-5)6(10)11;;;;;;/h1-4,8H,(H,9,10);1-2H,(H4,7,8,9,10,11);2*1H3;;;;/q-1;;2*-1;;;2*+2/p-1. The topological polar surface area (TPSA) is 155 Å². The Labute approximate surface area is 174 Å². The van der Waals surface area contributed by atoms with E-state index in [-0.39, 0.29) is 79.7 Å². The minimum atomic E-state index is -1.24. The first-order valence-corrected chi connectivity index (χ1v) is 5.54. The number of aromatic nitrogens is 1. The van der Waals surface area contributed by atoms with Crippen molar-refractivity contribution >= 4 is 23.4 Å². The summed E-state index contributed by atoms with van der Waals surface area (Å²) in [5, 5.41) is 16.8. The van der Waals surface area contributed by atoms with E-state index in [1.54, 1.807) is 6.07 Å². The molecule has 5 N–H and O–H groups in total. The molecular weight excluding hydrogens is 1200 g/mol. The molecule has 0 aliphatic heterocycles. The van der Waals surface area contributed by atoms with Crippen molar-refractivity contribution in [2.24, 2.45) is 0 Å². The summed E-state index contributed by atoms with van der Waals surface area (Å²) in [4.78, 5) is 33.3. The van der Waals surface area contributed by atoms with Gasteiger partial charge in [0.25, 0.3) is 0 Å². The molecule has 8 nitrogen and oxygen atoms in total. The van der Waals surface area contributed by atoms with Crippen molar-refractivity contribution < 1.29 is 61.9 Å². The van der Waals surface area contributed by atoms with E-state index in [2.05, 4.69) is 4.98 Å². The predicted octanol–water partition coefficient (Wildman–Crippen LogP) is 3.72. The molecule has 0 unspecified atom stereocenters. The van der Waals surface area contributed by atoms with E-state index in [1.165, 1.54) is 18.2 Å². The second kappa shape index (κ2) is 16.9. The minimum absolute atomic E-state index is 0. The zero-order chi connectivity index (χ0) is 16.0. The van der Waals surface area contributed by atoms with Gasteiger partial charge in [0.05, 0.1) is 5.56 Å². The van der Waals surface area contributed by atoms with Gasteiger partial charge < -0.3 is 41.5 Å². The van der Waals surface area contributed by atoms with Crippen molar-refractivity contribution in [3.8, 4) is 0 Å². The fourth-order valence-electron chi connectivity index (χ4n) is 1.31. The van der Waals surface area contributed by atoms with Crippen LogP contribution in [0, 0.1) is 14.9 Å². The zero-order valence-corrected chi connectivity index (χ0v) is 33.5. The summed E-state index contributed by atoms with van der Waals surface area (Å²) in [6.45, 7) is 0. The molecule has 1 aromatic carbocycles. The van der Waals surface area contributed by atoms with E-state index in [0.29, 0.717) is 0 Å². The van der Waals surface area contributed by atoms with Crippen LogP contribution in [-0.4, -0.2) is 27.1 Å². The summed E-state index contributed by atoms with van der Waals surface area (Å²) in [6, 6.07) is 7.79. The van der Waals surface area contributed by atoms with Gasteiger partial charge >= 0.3 is 54.1 Å². The number of hydrogen-bond donors (Lipinski definition) is 3. The number of carbonyl (C=O) groups is 2. The Morgan fingerprint density at radius 3 is 1.74 bits per heavy atom. The molecule has 2 rings (SSSR count). The van der Waals surface area contributed by atoms with Gasteiger partial charge in [-0.05, 0) is 18.2 Å². The Kier molecular flexibility index (Phi) is 24.2. The SMILES string of the molecule is [CH3-].[CH3-].[NH-]c1cc(=O)cc(C(=O)O)[nH]1.[NH-]c1cccc(C(=O)O)c1.[Rf].[Rf].[W+2].[W+2]. The van der Waals surface area contributed by atoms with E-state index < -0.39 is 17.4 Å². The molecule has 138 valence electrons. The van der Waals surface area contributed by atoms with Crippen LogP contribution in [0.5, 0.6) is 0 Å². The summed E-state index contributed by atoms with van der Waals surface area (Å²) < 4.78 is 0. The number of nitrogens with one attached hydrogen (secondary N) is 3. The molecule has 0 radical (unpaired) electrons. The van der Waals surface area contributed by atoms with E-state index in [4.69, 9.17) is 21.7 Å². The van der Waals surface area contributed by atoms with Gasteiger partial charge in [-0.2, -0.15) is 0 Å². The summed E-state index contributed by atoms with van der Waals surface area (Å²) in [5.41, 5.74) is 13.7. The Bertz CT molecular complexity index is 745. The van der Waals surface area contributed by atoms with Crippen LogP contribution >= 0.6 is 0 Å². The van der Waals surface area contributed by atoms with Gasteiger partial charge in [0.1, 0.15) is 0 Å². The molecule has 0 aliphatic rings. The van der Waals surface area contributed by atoms with Gasteiger partial charge in [0.2, 0.25) is 0 Å². The van der Waals surface area contributed by atoms with Crippen molar-refractivity contribution in [3.63, 3.8) is 0 Å². The first-order chi connectivity index (χ1) is 9.79. The number of aromatic amines is 1. The van der Waals surface area contributed by atoms with Gasteiger partial charge in [-0.1, -0.05) is 24.0 Å². The molecule has 0 aliphatic carbocycles. The van der Waals surface area contributed by atoms with Crippen LogP contribution in [0.15, 0.2) is 41.2 Å². The Balaban J connectivity index is -0.0000000670. The average Bonchev–Trinajstić information content (AvgIpc) is 2.38. The average molecular weight is 1220 g/mol. The molecule has 0 spiro atoms. The number of aromatic carboxylic acids is 2. The Morgan fingerprint density at radius 2 is 1.41 bits per heavy atom. The third-order valence-corrected chi connectivity index (χ3v) is 2.18. The van der Waals surface area contributed by atoms with Gasteiger partial charge in [0.15, 0.2) is 5.43 Å². The number of H-pyrrole nitrogens is 1. The molecule has 2 aromatic rings. The third-order valence-electron chi connectivity index (χ3n) is 2.18. The Morgan fingerprint density at radius 1 is 0.889 bits per heavy atom. The van der Waals surface area contributed by atoms with Crippen molar-refractivity contribution in [2.45, 2.75) is 0 Å². The van der Waals surface area contributed by atoms with E-state index >= 15 is 0 Å². The van der Waals surface area contributed by atoms with Gasteiger partial charge in [-0.15, -0.1) is 5.69 Å². The maximum absolute atomic E-state index is 10.6. The van der Waals surface area contributed by atoms with Crippen molar-refractivity contribution in [3.05, 3.63) is 84.2 Å². The van der Waals surface area contributed by atoms with Gasteiger partial charge in [-0.25, -0.2) is 9.59 Å². The van der Waals surface area contributed by atoms with Crippen molar-refractivity contribution in [1.29, 1.82) is 0 Å². The van der Waals surface area contributed by atoms with Gasteiger partial charge in [-0.3, -0.25) is 4.79 Å². The summed E-state index contributed by atoms with van der Waals surface area (Å²) in [7, 11) is 0. The number of rotatable bonds is 2. The molecular formula is C15H17N3O5Rf2W2. The molecule has 0 atom stereocenters. The Hall–Kier alpha value is -3.91. The van der Waals surface area contributed by atoms with Crippen LogP contribution in [0.2, 0.25) is 0 Å². The minimum Gasteiger partial charge on any atom is -0.699 e. The van der Waals surface area contributed by atoms with Crippen LogP contribution in [-0.2, 0) is 42.1 Å². The smallest absolute Gasteiger partial charge is 0.699 e. The van der Waals surface area contributed by atoms with Crippen LogP contribution in [0.3, 0.4) is 0 Å². The molecule has 1 aromatic heterocycles. The molecule has 0 amide bonds. The fourth-order valence-corrected chi connectivity index (χ4v) is 1.31. The molecule has 12 heteroatoms. The van der Waals surface area contributed by atoms with Crippen LogP contribution < -0.4 is 5.43 Å². The molecule has 0 fully saturated rings. The molecule has 27 heavy (non-hydrogen) atoms. The van der Waals surface area contributed by atoms with Gasteiger partial charge in [0, 0.05) is 5.69 Å². The predicted molar refractivity (Wildman–Crippen MR) is 88.2 cm³/mol. The van der Waals surface area contributed by atoms with E-state index in [0.717, 1.165) is 12.1 Å². The number of carboxylic acids is 2. The molecule has 0 saturated carbocycles. The molecule has 0 bridgehead atoms. The van der Waals surface area contributed by atoms with Crippen molar-refractivity contribution in [2.75, 3.05) is 0 Å². The molecule has 0 saturated heterocycles. The summed E-state index contributed by atoms with van der Waals surface area (Å²) in [6.07, 6.45) is 0. The maximum atomic E-state index is 10.6. The van der Waals surface area contributed by atoms with Crippen LogP contribution in [0.1, 0.15) is 20.8 Å². The fraction of sp³-hybridized carbons (Fsp3) is 0. The monoisotopic (exact) mass is 1220 g/mol.